The van der Waals surface area contributed by atoms with Crippen LogP contribution in [0.5, 0.6) is 0 Å². The van der Waals surface area contributed by atoms with Gasteiger partial charge in [-0.05, 0) is 67.8 Å². The number of ether oxygens (including phenoxy) is 1. The van der Waals surface area contributed by atoms with Crippen molar-refractivity contribution in [3.63, 3.8) is 0 Å². The number of Topliss-reactive ketones (excluding diaryl/α,β-unsaturated/α-hetero) is 1. The molecule has 7 atom stereocenters. The molecule has 7 heteroatoms. The fourth-order valence-corrected chi connectivity index (χ4v) is 7.47. The van der Waals surface area contributed by atoms with Gasteiger partial charge in [0, 0.05) is 11.8 Å². The fourth-order valence-electron chi connectivity index (χ4n) is 7.47. The quantitative estimate of drug-likeness (QED) is 0.586. The van der Waals surface area contributed by atoms with E-state index in [9.17, 15) is 24.6 Å². The van der Waals surface area contributed by atoms with Crippen LogP contribution in [0.3, 0.4) is 0 Å². The van der Waals surface area contributed by atoms with Gasteiger partial charge in [0.25, 0.3) is 0 Å². The topological polar surface area (TPSA) is 127 Å². The second-order valence-corrected chi connectivity index (χ2v) is 10.3. The molecule has 4 aliphatic carbocycles. The van der Waals surface area contributed by atoms with Crippen LogP contribution in [-0.4, -0.2) is 52.6 Å². The van der Waals surface area contributed by atoms with Crippen LogP contribution < -0.4 is 5.73 Å². The van der Waals surface area contributed by atoms with Crippen molar-refractivity contribution >= 4 is 17.5 Å². The maximum Gasteiger partial charge on any atom is 0.320 e. The number of aliphatic hydroxyl groups is 2. The van der Waals surface area contributed by atoms with Gasteiger partial charge < -0.3 is 20.7 Å². The molecule has 0 bridgehead atoms. The lowest BCUT2D eigenvalue weighted by atomic mass is 9.45. The first-order valence-electron chi connectivity index (χ1n) is 11.1. The van der Waals surface area contributed by atoms with Gasteiger partial charge in [0.15, 0.2) is 12.4 Å². The summed E-state index contributed by atoms with van der Waals surface area (Å²) in [5.41, 5.74) is 3.78. The van der Waals surface area contributed by atoms with Crippen LogP contribution in [0.2, 0.25) is 0 Å². The van der Waals surface area contributed by atoms with E-state index in [1.54, 1.807) is 6.08 Å². The zero-order chi connectivity index (χ0) is 21.9. The lowest BCUT2D eigenvalue weighted by Crippen LogP contribution is -2.62. The molecule has 4 rings (SSSR count). The van der Waals surface area contributed by atoms with Crippen molar-refractivity contribution < 1.29 is 29.3 Å². The predicted molar refractivity (Wildman–Crippen MR) is 108 cm³/mol. The highest BCUT2D eigenvalue weighted by atomic mass is 16.5. The Bertz CT molecular complexity index is 808. The number of allylic oxidation sites excluding steroid dienone is 1. The molecule has 0 aromatic rings. The third-order valence-corrected chi connectivity index (χ3v) is 9.04. The van der Waals surface area contributed by atoms with E-state index in [0.29, 0.717) is 25.7 Å². The number of carbonyl (C=O) groups excluding carboxylic acids is 3. The van der Waals surface area contributed by atoms with Gasteiger partial charge in [0.05, 0.1) is 12.6 Å². The Morgan fingerprint density at radius 1 is 1.23 bits per heavy atom. The van der Waals surface area contributed by atoms with Gasteiger partial charge in [0.2, 0.25) is 5.78 Å². The van der Waals surface area contributed by atoms with Crippen LogP contribution in [0.1, 0.15) is 58.8 Å². The number of ketones is 2. The highest BCUT2D eigenvalue weighted by Crippen LogP contribution is 2.67. The Kier molecular flexibility index (Phi) is 5.23. The molecule has 3 fully saturated rings. The Morgan fingerprint density at radius 3 is 2.67 bits per heavy atom. The molecule has 0 heterocycles. The van der Waals surface area contributed by atoms with Gasteiger partial charge in [-0.3, -0.25) is 14.4 Å². The largest absolute Gasteiger partial charge is 0.457 e. The number of hydrogen-bond donors (Lipinski definition) is 3. The summed E-state index contributed by atoms with van der Waals surface area (Å²) in [5.74, 6) is -0.712. The minimum atomic E-state index is -1.63. The summed E-state index contributed by atoms with van der Waals surface area (Å²) in [6.07, 6.45) is 5.38. The maximum atomic E-state index is 12.9. The summed E-state index contributed by atoms with van der Waals surface area (Å²) in [7, 11) is 0. The molecule has 166 valence electrons. The summed E-state index contributed by atoms with van der Waals surface area (Å²) in [4.78, 5) is 36.3. The van der Waals surface area contributed by atoms with Crippen molar-refractivity contribution in [1.82, 2.24) is 0 Å². The van der Waals surface area contributed by atoms with Crippen LogP contribution in [0.15, 0.2) is 11.6 Å². The number of fused-ring (bicyclic) bond motifs is 5. The van der Waals surface area contributed by atoms with Crippen molar-refractivity contribution in [3.8, 4) is 0 Å². The lowest BCUT2D eigenvalue weighted by molar-refractivity contribution is -0.184. The molecule has 30 heavy (non-hydrogen) atoms. The minimum absolute atomic E-state index is 0.0243. The van der Waals surface area contributed by atoms with Gasteiger partial charge in [-0.1, -0.05) is 19.4 Å². The van der Waals surface area contributed by atoms with Gasteiger partial charge in [0.1, 0.15) is 5.60 Å². The van der Waals surface area contributed by atoms with Crippen molar-refractivity contribution in [2.75, 3.05) is 13.2 Å². The Hall–Kier alpha value is -1.57. The average molecular weight is 420 g/mol. The van der Waals surface area contributed by atoms with E-state index in [4.69, 9.17) is 10.5 Å². The molecule has 7 nitrogen and oxygen atoms in total. The molecule has 4 N–H and O–H groups in total. The monoisotopic (exact) mass is 419 g/mol. The van der Waals surface area contributed by atoms with E-state index in [1.807, 2.05) is 6.92 Å². The molecule has 0 amide bonds. The Labute approximate surface area is 177 Å². The third-order valence-electron chi connectivity index (χ3n) is 9.04. The molecule has 0 aromatic carbocycles. The highest BCUT2D eigenvalue weighted by Gasteiger charge is 2.68. The van der Waals surface area contributed by atoms with Gasteiger partial charge in [-0.15, -0.1) is 0 Å². The van der Waals surface area contributed by atoms with Crippen LogP contribution in [0, 0.1) is 28.6 Å². The van der Waals surface area contributed by atoms with E-state index >= 15 is 0 Å². The smallest absolute Gasteiger partial charge is 0.320 e. The van der Waals surface area contributed by atoms with Crippen LogP contribution in [0.25, 0.3) is 0 Å². The normalized spacial score (nSPS) is 45.1. The molecule has 0 spiro atoms. The van der Waals surface area contributed by atoms with E-state index < -0.39 is 35.5 Å². The first-order chi connectivity index (χ1) is 14.1. The zero-order valence-corrected chi connectivity index (χ0v) is 17.9. The van der Waals surface area contributed by atoms with E-state index in [0.717, 1.165) is 24.8 Å². The fraction of sp³-hybridized carbons (Fsp3) is 0.783. The number of nitrogens with two attached hydrogens (primary N) is 1. The molecule has 0 aliphatic heterocycles. The third kappa shape index (κ3) is 2.93. The molecule has 3 unspecified atom stereocenters. The lowest BCUT2D eigenvalue weighted by Gasteiger charge is -2.60. The van der Waals surface area contributed by atoms with E-state index in [2.05, 4.69) is 6.92 Å². The van der Waals surface area contributed by atoms with Crippen molar-refractivity contribution in [2.24, 2.45) is 34.3 Å². The number of esters is 1. The Balaban J connectivity index is 1.62. The van der Waals surface area contributed by atoms with Crippen molar-refractivity contribution in [2.45, 2.75) is 70.5 Å². The summed E-state index contributed by atoms with van der Waals surface area (Å²) < 4.78 is 4.91. The molecule has 3 saturated carbocycles. The summed E-state index contributed by atoms with van der Waals surface area (Å²) in [6.45, 7) is 3.27. The summed E-state index contributed by atoms with van der Waals surface area (Å²) in [5, 5.41) is 22.8. The molecule has 4 aliphatic rings. The standard InChI is InChI=1S/C23H33NO6/c1-21-7-5-14(25)9-13(21)3-4-15-16-6-8-23(29,18(27)12-30-19(28)11-24)22(16,2)10-17(26)20(15)21/h9,15-17,20,26,29H,3-8,10-12,24H2,1-2H3/t15?,16?,17-,20?,21-,22-,23-/m0/s1. The Morgan fingerprint density at radius 2 is 1.97 bits per heavy atom. The molecule has 0 radical (unpaired) electrons. The maximum absolute atomic E-state index is 12.9. The van der Waals surface area contributed by atoms with Crippen LogP contribution in [0.4, 0.5) is 0 Å². The second kappa shape index (κ2) is 7.24. The predicted octanol–water partition coefficient (Wildman–Crippen LogP) is 1.29. The van der Waals surface area contributed by atoms with Crippen molar-refractivity contribution in [3.05, 3.63) is 11.6 Å². The zero-order valence-electron chi connectivity index (χ0n) is 17.9. The van der Waals surface area contributed by atoms with Crippen LogP contribution in [-0.2, 0) is 19.1 Å². The summed E-state index contributed by atoms with van der Waals surface area (Å²) >= 11 is 0. The molecule has 0 saturated heterocycles. The van der Waals surface area contributed by atoms with E-state index in [1.165, 1.54) is 0 Å². The summed E-state index contributed by atoms with van der Waals surface area (Å²) in [6, 6.07) is 0. The molecular weight excluding hydrogens is 386 g/mol. The number of aliphatic hydroxyl groups excluding tert-OH is 1. The SMILES string of the molecule is C[C@]12CCC(=O)C=C1CCC1C2[C@@H](O)C[C@@]2(C)C1CC[C@]2(O)C(=O)COC(=O)CN. The number of carbonyl (C=O) groups is 3. The van der Waals surface area contributed by atoms with E-state index in [-0.39, 0.29) is 35.5 Å². The van der Waals surface area contributed by atoms with Crippen molar-refractivity contribution in [1.29, 1.82) is 0 Å². The highest BCUT2D eigenvalue weighted by molar-refractivity contribution is 5.92. The number of hydrogen-bond acceptors (Lipinski definition) is 7. The molecular formula is C23H33NO6. The minimum Gasteiger partial charge on any atom is -0.457 e. The van der Waals surface area contributed by atoms with Gasteiger partial charge in [-0.25, -0.2) is 0 Å². The second-order valence-electron chi connectivity index (χ2n) is 10.3. The van der Waals surface area contributed by atoms with Gasteiger partial charge >= 0.3 is 5.97 Å². The first kappa shape index (κ1) is 21.7. The van der Waals surface area contributed by atoms with Gasteiger partial charge in [-0.2, -0.15) is 0 Å². The average Bonchev–Trinajstić information content (AvgIpc) is 2.97. The number of rotatable bonds is 4. The molecule has 0 aromatic heterocycles. The van der Waals surface area contributed by atoms with Crippen LogP contribution >= 0.6 is 0 Å². The first-order valence-corrected chi connectivity index (χ1v) is 11.1.